The van der Waals surface area contributed by atoms with Crippen LogP contribution in [0.1, 0.15) is 31.9 Å². The molecule has 3 rings (SSSR count). The monoisotopic (exact) mass is 314 g/mol. The summed E-state index contributed by atoms with van der Waals surface area (Å²) in [6.45, 7) is 5.79. The average molecular weight is 314 g/mol. The van der Waals surface area contributed by atoms with E-state index in [0.29, 0.717) is 6.42 Å². The number of nitrogens with one attached hydrogen (secondary N) is 2. The summed E-state index contributed by atoms with van der Waals surface area (Å²) in [6, 6.07) is 6.13. The van der Waals surface area contributed by atoms with Crippen molar-refractivity contribution in [2.75, 3.05) is 11.9 Å². The number of fused-ring (bicyclic) bond motifs is 1. The van der Waals surface area contributed by atoms with Gasteiger partial charge in [0.05, 0.1) is 12.0 Å². The Balaban J connectivity index is 1.63. The Morgan fingerprint density at radius 1 is 1.48 bits per heavy atom. The molecule has 2 atom stereocenters. The average Bonchev–Trinajstić information content (AvgIpc) is 3.07. The highest BCUT2D eigenvalue weighted by Crippen LogP contribution is 2.32. The number of hydrogen-bond acceptors (Lipinski definition) is 4. The summed E-state index contributed by atoms with van der Waals surface area (Å²) in [5, 5.41) is 6.38. The molecule has 0 saturated carbocycles. The first-order valence-electron chi connectivity index (χ1n) is 7.98. The molecule has 2 aromatic rings. The number of ether oxygens (including phenoxy) is 1. The molecule has 0 unspecified atom stereocenters. The molecular weight excluding hydrogens is 292 g/mol. The van der Waals surface area contributed by atoms with Gasteiger partial charge in [0.2, 0.25) is 0 Å². The van der Waals surface area contributed by atoms with Gasteiger partial charge in [0, 0.05) is 31.5 Å². The first-order valence-corrected chi connectivity index (χ1v) is 7.98. The lowest BCUT2D eigenvalue weighted by Crippen LogP contribution is -2.36. The Hall–Kier alpha value is -2.34. The molecule has 2 heterocycles. The van der Waals surface area contributed by atoms with E-state index < -0.39 is 6.10 Å². The highest BCUT2D eigenvalue weighted by molar-refractivity contribution is 5.97. The second kappa shape index (κ2) is 6.83. The van der Waals surface area contributed by atoms with E-state index in [0.717, 1.165) is 30.1 Å². The number of benzene rings is 1. The van der Waals surface area contributed by atoms with Gasteiger partial charge in [0.1, 0.15) is 5.75 Å². The summed E-state index contributed by atoms with van der Waals surface area (Å²) in [6.07, 6.45) is 5.80. The van der Waals surface area contributed by atoms with Gasteiger partial charge >= 0.3 is 0 Å². The van der Waals surface area contributed by atoms with Crippen molar-refractivity contribution < 1.29 is 9.53 Å². The van der Waals surface area contributed by atoms with Gasteiger partial charge in [0.15, 0.2) is 6.10 Å². The normalized spacial score (nSPS) is 18.0. The molecule has 1 aromatic carbocycles. The number of hydrogen-bond donors (Lipinski definition) is 2. The van der Waals surface area contributed by atoms with Gasteiger partial charge in [-0.05, 0) is 31.0 Å². The molecule has 1 aliphatic rings. The molecule has 0 saturated heterocycles. The molecule has 2 N–H and O–H groups in total. The van der Waals surface area contributed by atoms with E-state index in [1.807, 2.05) is 42.2 Å². The molecule has 0 fully saturated rings. The number of amides is 1. The Morgan fingerprint density at radius 2 is 2.35 bits per heavy atom. The summed E-state index contributed by atoms with van der Waals surface area (Å²) in [4.78, 5) is 15.8. The van der Waals surface area contributed by atoms with Gasteiger partial charge < -0.3 is 19.9 Å². The van der Waals surface area contributed by atoms with E-state index in [4.69, 9.17) is 4.74 Å². The minimum atomic E-state index is -0.401. The van der Waals surface area contributed by atoms with Crippen LogP contribution in [0.3, 0.4) is 0 Å². The third-order valence-corrected chi connectivity index (χ3v) is 4.08. The standard InChI is InChI=1S/C17H22N4O2/c1-3-15-17(22)20-14-5-4-13(10-16(14)23-15)12(2)19-7-9-21-8-6-18-11-21/h4-6,8,10-12,15,19H,3,7,9H2,1-2H3,(H,20,22)/t12-,15-/m1/s1. The van der Waals surface area contributed by atoms with Crippen molar-refractivity contribution >= 4 is 11.6 Å². The predicted octanol–water partition coefficient (Wildman–Crippen LogP) is 2.34. The van der Waals surface area contributed by atoms with Crippen molar-refractivity contribution in [3.8, 4) is 5.75 Å². The zero-order valence-corrected chi connectivity index (χ0v) is 13.5. The second-order valence-electron chi connectivity index (χ2n) is 5.74. The maximum atomic E-state index is 11.8. The smallest absolute Gasteiger partial charge is 0.265 e. The first-order chi connectivity index (χ1) is 11.2. The Bertz CT molecular complexity index is 669. The number of rotatable bonds is 6. The number of nitrogens with zero attached hydrogens (tertiary/aromatic N) is 2. The highest BCUT2D eigenvalue weighted by atomic mass is 16.5. The first kappa shape index (κ1) is 15.6. The molecule has 1 aromatic heterocycles. The Kier molecular flexibility index (Phi) is 4.62. The largest absolute Gasteiger partial charge is 0.478 e. The van der Waals surface area contributed by atoms with Crippen molar-refractivity contribution in [2.45, 2.75) is 39.0 Å². The van der Waals surface area contributed by atoms with Crippen LogP contribution >= 0.6 is 0 Å². The van der Waals surface area contributed by atoms with Crippen molar-refractivity contribution in [1.29, 1.82) is 0 Å². The summed E-state index contributed by atoms with van der Waals surface area (Å²) in [7, 11) is 0. The van der Waals surface area contributed by atoms with E-state index in [2.05, 4.69) is 22.5 Å². The van der Waals surface area contributed by atoms with Crippen LogP contribution in [0.4, 0.5) is 5.69 Å². The number of carbonyl (C=O) groups is 1. The van der Waals surface area contributed by atoms with Crippen molar-refractivity contribution in [3.63, 3.8) is 0 Å². The van der Waals surface area contributed by atoms with Gasteiger partial charge in [0.25, 0.3) is 5.91 Å². The van der Waals surface area contributed by atoms with Crippen molar-refractivity contribution in [1.82, 2.24) is 14.9 Å². The summed E-state index contributed by atoms with van der Waals surface area (Å²) < 4.78 is 7.83. The fourth-order valence-electron chi connectivity index (χ4n) is 2.64. The topological polar surface area (TPSA) is 68.2 Å². The number of carbonyl (C=O) groups excluding carboxylic acids is 1. The quantitative estimate of drug-likeness (QED) is 0.859. The third-order valence-electron chi connectivity index (χ3n) is 4.08. The van der Waals surface area contributed by atoms with Crippen LogP contribution in [0.5, 0.6) is 5.75 Å². The third kappa shape index (κ3) is 3.53. The highest BCUT2D eigenvalue weighted by Gasteiger charge is 2.26. The second-order valence-corrected chi connectivity index (χ2v) is 5.74. The lowest BCUT2D eigenvalue weighted by molar-refractivity contribution is -0.123. The van der Waals surface area contributed by atoms with Crippen LogP contribution < -0.4 is 15.4 Å². The molecule has 0 radical (unpaired) electrons. The lowest BCUT2D eigenvalue weighted by Gasteiger charge is -2.26. The van der Waals surface area contributed by atoms with Crippen LogP contribution in [0.25, 0.3) is 0 Å². The number of anilines is 1. The van der Waals surface area contributed by atoms with Gasteiger partial charge in [-0.2, -0.15) is 0 Å². The maximum absolute atomic E-state index is 11.8. The van der Waals surface area contributed by atoms with Gasteiger partial charge in [-0.1, -0.05) is 13.0 Å². The minimum absolute atomic E-state index is 0.0701. The van der Waals surface area contributed by atoms with Crippen LogP contribution in [-0.4, -0.2) is 28.1 Å². The minimum Gasteiger partial charge on any atom is -0.478 e. The SMILES string of the molecule is CC[C@H]1Oc2cc([C@@H](C)NCCn3ccnc3)ccc2NC1=O. The fraction of sp³-hybridized carbons (Fsp3) is 0.412. The summed E-state index contributed by atoms with van der Waals surface area (Å²) >= 11 is 0. The van der Waals surface area contributed by atoms with Crippen LogP contribution in [0.2, 0.25) is 0 Å². The maximum Gasteiger partial charge on any atom is 0.265 e. The summed E-state index contributed by atoms with van der Waals surface area (Å²) in [5.74, 6) is 0.677. The molecule has 23 heavy (non-hydrogen) atoms. The van der Waals surface area contributed by atoms with Crippen LogP contribution in [0.15, 0.2) is 36.9 Å². The molecule has 1 amide bonds. The van der Waals surface area contributed by atoms with Gasteiger partial charge in [-0.25, -0.2) is 4.98 Å². The molecular formula is C17H22N4O2. The van der Waals surface area contributed by atoms with Gasteiger partial charge in [-0.15, -0.1) is 0 Å². The molecule has 0 aliphatic carbocycles. The van der Waals surface area contributed by atoms with E-state index in [1.54, 1.807) is 6.20 Å². The molecule has 6 nitrogen and oxygen atoms in total. The van der Waals surface area contributed by atoms with Crippen LogP contribution in [-0.2, 0) is 11.3 Å². The van der Waals surface area contributed by atoms with E-state index in [9.17, 15) is 4.79 Å². The number of aromatic nitrogens is 2. The van der Waals surface area contributed by atoms with Gasteiger partial charge in [-0.3, -0.25) is 4.79 Å². The molecule has 0 bridgehead atoms. The van der Waals surface area contributed by atoms with Crippen LogP contribution in [0, 0.1) is 0 Å². The number of imidazole rings is 1. The molecule has 1 aliphatic heterocycles. The lowest BCUT2D eigenvalue weighted by atomic mass is 10.1. The summed E-state index contributed by atoms with van der Waals surface area (Å²) in [5.41, 5.74) is 1.88. The molecule has 122 valence electrons. The zero-order chi connectivity index (χ0) is 16.2. The molecule has 6 heteroatoms. The molecule has 0 spiro atoms. The van der Waals surface area contributed by atoms with E-state index in [1.165, 1.54) is 0 Å². The zero-order valence-electron chi connectivity index (χ0n) is 13.5. The van der Waals surface area contributed by atoms with E-state index >= 15 is 0 Å². The van der Waals surface area contributed by atoms with Crippen molar-refractivity contribution in [2.24, 2.45) is 0 Å². The van der Waals surface area contributed by atoms with E-state index in [-0.39, 0.29) is 11.9 Å². The predicted molar refractivity (Wildman–Crippen MR) is 88.4 cm³/mol. The Morgan fingerprint density at radius 3 is 3.09 bits per heavy atom. The van der Waals surface area contributed by atoms with Crippen molar-refractivity contribution in [3.05, 3.63) is 42.5 Å². The fourth-order valence-corrected chi connectivity index (χ4v) is 2.64. The Labute approximate surface area is 135 Å².